The Bertz CT molecular complexity index is 875. The van der Waals surface area contributed by atoms with Gasteiger partial charge in [-0.05, 0) is 38.5 Å². The van der Waals surface area contributed by atoms with Gasteiger partial charge in [0.2, 0.25) is 5.89 Å². The Balaban J connectivity index is 0.00000280. The van der Waals surface area contributed by atoms with Crippen LogP contribution in [0.15, 0.2) is 70.3 Å². The van der Waals surface area contributed by atoms with Crippen LogP contribution in [0.5, 0.6) is 0 Å². The molecule has 0 saturated carbocycles. The average Bonchev–Trinajstić information content (AvgIpc) is 3.16. The summed E-state index contributed by atoms with van der Waals surface area (Å²) in [5.74, 6) is 1.38. The Morgan fingerprint density at radius 3 is 2.50 bits per heavy atom. The van der Waals surface area contributed by atoms with Gasteiger partial charge in [-0.15, -0.1) is 24.0 Å². The lowest BCUT2D eigenvalue weighted by Gasteiger charge is -2.18. The highest BCUT2D eigenvalue weighted by Crippen LogP contribution is 2.19. The number of aliphatic imine (C=N–C) groups is 1. The third-order valence-electron chi connectivity index (χ3n) is 4.25. The van der Waals surface area contributed by atoms with Gasteiger partial charge in [0, 0.05) is 12.1 Å². The summed E-state index contributed by atoms with van der Waals surface area (Å²) >= 11 is 0. The van der Waals surface area contributed by atoms with Crippen molar-refractivity contribution in [3.63, 3.8) is 0 Å². The maximum atomic E-state index is 5.61. The van der Waals surface area contributed by atoms with Crippen LogP contribution in [0.2, 0.25) is 0 Å². The number of nitrogens with one attached hydrogen (secondary N) is 2. The molecule has 148 valence electrons. The summed E-state index contributed by atoms with van der Waals surface area (Å²) in [7, 11) is 0. The summed E-state index contributed by atoms with van der Waals surface area (Å²) in [4.78, 5) is 9.19. The summed E-state index contributed by atoms with van der Waals surface area (Å²) in [6.45, 7) is 7.47. The monoisotopic (exact) mass is 490 g/mol. The van der Waals surface area contributed by atoms with Gasteiger partial charge in [0.1, 0.15) is 12.0 Å². The first kappa shape index (κ1) is 21.9. The van der Waals surface area contributed by atoms with Crippen LogP contribution < -0.4 is 10.6 Å². The predicted octanol–water partition coefficient (Wildman–Crippen LogP) is 5.08. The molecule has 0 aliphatic heterocycles. The van der Waals surface area contributed by atoms with Crippen molar-refractivity contribution in [2.75, 3.05) is 6.54 Å². The number of nitrogens with zero attached hydrogens (tertiary/aromatic N) is 2. The van der Waals surface area contributed by atoms with Crippen LogP contribution in [-0.4, -0.2) is 17.5 Å². The van der Waals surface area contributed by atoms with Crippen LogP contribution in [0, 0.1) is 6.92 Å². The van der Waals surface area contributed by atoms with E-state index >= 15 is 0 Å². The molecule has 1 atom stereocenters. The standard InChI is InChI=1S/C22H26N4O.HI/c1-4-23-22(25-17(3)18-8-6-5-7-9-18)24-14-20-15-27-21(26-20)19-12-10-16(2)11-13-19;/h5-13,15,17H,4,14H2,1-3H3,(H2,23,24,25);1H. The second-order valence-corrected chi connectivity index (χ2v) is 6.48. The number of aromatic nitrogens is 1. The van der Waals surface area contributed by atoms with Gasteiger partial charge in [-0.2, -0.15) is 0 Å². The van der Waals surface area contributed by atoms with E-state index in [2.05, 4.69) is 65.6 Å². The highest BCUT2D eigenvalue weighted by atomic mass is 127. The molecule has 2 N–H and O–H groups in total. The molecule has 0 amide bonds. The molecule has 0 fully saturated rings. The molecule has 0 spiro atoms. The number of halogens is 1. The smallest absolute Gasteiger partial charge is 0.226 e. The minimum atomic E-state index is 0. The fraction of sp³-hybridized carbons (Fsp3) is 0.273. The number of guanidine groups is 1. The molecule has 1 unspecified atom stereocenters. The molecular weight excluding hydrogens is 463 g/mol. The maximum Gasteiger partial charge on any atom is 0.226 e. The Kier molecular flexibility index (Phi) is 8.50. The lowest BCUT2D eigenvalue weighted by atomic mass is 10.1. The van der Waals surface area contributed by atoms with E-state index < -0.39 is 0 Å². The summed E-state index contributed by atoms with van der Waals surface area (Å²) in [6.07, 6.45) is 1.67. The number of rotatable bonds is 6. The molecule has 0 saturated heterocycles. The van der Waals surface area contributed by atoms with E-state index in [0.29, 0.717) is 12.4 Å². The lowest BCUT2D eigenvalue weighted by Crippen LogP contribution is -2.38. The van der Waals surface area contributed by atoms with Crippen molar-refractivity contribution < 1.29 is 4.42 Å². The van der Waals surface area contributed by atoms with Gasteiger partial charge in [-0.3, -0.25) is 0 Å². The van der Waals surface area contributed by atoms with E-state index in [4.69, 9.17) is 4.42 Å². The van der Waals surface area contributed by atoms with Crippen LogP contribution in [0.4, 0.5) is 0 Å². The number of hydrogen-bond donors (Lipinski definition) is 2. The largest absolute Gasteiger partial charge is 0.444 e. The summed E-state index contributed by atoms with van der Waals surface area (Å²) in [5.41, 5.74) is 4.20. The van der Waals surface area contributed by atoms with E-state index in [1.807, 2.05) is 30.3 Å². The molecule has 3 rings (SSSR count). The minimum absolute atomic E-state index is 0. The minimum Gasteiger partial charge on any atom is -0.444 e. The molecule has 0 aliphatic rings. The molecule has 3 aromatic rings. The molecule has 28 heavy (non-hydrogen) atoms. The van der Waals surface area contributed by atoms with E-state index in [0.717, 1.165) is 23.8 Å². The fourth-order valence-corrected chi connectivity index (χ4v) is 2.72. The quantitative estimate of drug-likeness (QED) is 0.287. The van der Waals surface area contributed by atoms with E-state index in [-0.39, 0.29) is 30.0 Å². The second kappa shape index (κ2) is 10.8. The highest BCUT2D eigenvalue weighted by molar-refractivity contribution is 14.0. The van der Waals surface area contributed by atoms with Crippen LogP contribution in [0.25, 0.3) is 11.5 Å². The molecule has 0 radical (unpaired) electrons. The van der Waals surface area contributed by atoms with Gasteiger partial charge in [-0.25, -0.2) is 9.98 Å². The Morgan fingerprint density at radius 2 is 1.82 bits per heavy atom. The number of benzene rings is 2. The first-order valence-electron chi connectivity index (χ1n) is 9.27. The number of aryl methyl sites for hydroxylation is 1. The van der Waals surface area contributed by atoms with E-state index in [9.17, 15) is 0 Å². The molecule has 0 aliphatic carbocycles. The van der Waals surface area contributed by atoms with Crippen LogP contribution in [-0.2, 0) is 6.54 Å². The van der Waals surface area contributed by atoms with Crippen LogP contribution in [0.3, 0.4) is 0 Å². The third kappa shape index (κ3) is 6.09. The summed E-state index contributed by atoms with van der Waals surface area (Å²) in [5, 5.41) is 6.71. The fourth-order valence-electron chi connectivity index (χ4n) is 2.72. The molecule has 5 nitrogen and oxygen atoms in total. The van der Waals surface area contributed by atoms with E-state index in [1.54, 1.807) is 6.26 Å². The van der Waals surface area contributed by atoms with Gasteiger partial charge in [0.15, 0.2) is 5.96 Å². The molecule has 0 bridgehead atoms. The zero-order chi connectivity index (χ0) is 19.1. The lowest BCUT2D eigenvalue weighted by molar-refractivity contribution is 0.572. The van der Waals surface area contributed by atoms with Gasteiger partial charge < -0.3 is 15.1 Å². The maximum absolute atomic E-state index is 5.61. The second-order valence-electron chi connectivity index (χ2n) is 6.48. The van der Waals surface area contributed by atoms with Crippen LogP contribution >= 0.6 is 24.0 Å². The Morgan fingerprint density at radius 1 is 1.11 bits per heavy atom. The molecule has 1 aromatic heterocycles. The molecule has 1 heterocycles. The zero-order valence-electron chi connectivity index (χ0n) is 16.5. The van der Waals surface area contributed by atoms with Crippen molar-refractivity contribution >= 4 is 29.9 Å². The van der Waals surface area contributed by atoms with Gasteiger partial charge in [0.05, 0.1) is 12.6 Å². The van der Waals surface area contributed by atoms with Crippen molar-refractivity contribution in [1.82, 2.24) is 15.6 Å². The first-order valence-corrected chi connectivity index (χ1v) is 9.27. The summed E-state index contributed by atoms with van der Waals surface area (Å²) < 4.78 is 5.61. The summed E-state index contributed by atoms with van der Waals surface area (Å²) in [6, 6.07) is 18.6. The van der Waals surface area contributed by atoms with Crippen molar-refractivity contribution in [3.8, 4) is 11.5 Å². The molecule has 6 heteroatoms. The van der Waals surface area contributed by atoms with Gasteiger partial charge in [0.25, 0.3) is 0 Å². The first-order chi connectivity index (χ1) is 13.2. The highest BCUT2D eigenvalue weighted by Gasteiger charge is 2.09. The zero-order valence-corrected chi connectivity index (χ0v) is 18.8. The Hall–Kier alpha value is -2.35. The number of hydrogen-bond acceptors (Lipinski definition) is 3. The van der Waals surface area contributed by atoms with Crippen molar-refractivity contribution in [2.45, 2.75) is 33.4 Å². The Labute approximate surface area is 183 Å². The van der Waals surface area contributed by atoms with Crippen molar-refractivity contribution in [1.29, 1.82) is 0 Å². The van der Waals surface area contributed by atoms with Gasteiger partial charge >= 0.3 is 0 Å². The number of oxazole rings is 1. The molecular formula is C22H27IN4O. The topological polar surface area (TPSA) is 62.5 Å². The van der Waals surface area contributed by atoms with Crippen LogP contribution in [0.1, 0.15) is 36.7 Å². The normalized spacial score (nSPS) is 12.2. The van der Waals surface area contributed by atoms with Crippen molar-refractivity contribution in [3.05, 3.63) is 77.7 Å². The predicted molar refractivity (Wildman–Crippen MR) is 125 cm³/mol. The van der Waals surface area contributed by atoms with E-state index in [1.165, 1.54) is 11.1 Å². The van der Waals surface area contributed by atoms with Gasteiger partial charge in [-0.1, -0.05) is 48.0 Å². The third-order valence-corrected chi connectivity index (χ3v) is 4.25. The SMILES string of the molecule is CCNC(=NCc1coc(-c2ccc(C)cc2)n1)NC(C)c1ccccc1.I. The average molecular weight is 490 g/mol. The molecule has 2 aromatic carbocycles. The van der Waals surface area contributed by atoms with Crippen molar-refractivity contribution in [2.24, 2.45) is 4.99 Å².